The van der Waals surface area contributed by atoms with Gasteiger partial charge in [0.1, 0.15) is 18.0 Å². The van der Waals surface area contributed by atoms with Crippen molar-refractivity contribution in [2.45, 2.75) is 32.9 Å². The number of imidazole rings is 1. The van der Waals surface area contributed by atoms with Gasteiger partial charge in [0.25, 0.3) is 0 Å². The van der Waals surface area contributed by atoms with Crippen LogP contribution in [0, 0.1) is 5.92 Å². The SMILES string of the molecule is CCC(C)C(N)C(=O)Nc1cccc(OCc2cn3ccccc3n2)c1. The van der Waals surface area contributed by atoms with Crippen LogP contribution in [-0.2, 0) is 11.4 Å². The third kappa shape index (κ3) is 4.21. The number of hydrogen-bond acceptors (Lipinski definition) is 4. The Kier molecular flexibility index (Phi) is 5.53. The molecule has 1 amide bonds. The number of pyridine rings is 1. The molecular formula is C20H24N4O2. The number of fused-ring (bicyclic) bond motifs is 1. The van der Waals surface area contributed by atoms with Crippen LogP contribution in [0.1, 0.15) is 26.0 Å². The maximum atomic E-state index is 12.2. The third-order valence-corrected chi connectivity index (χ3v) is 4.46. The first-order valence-electron chi connectivity index (χ1n) is 8.78. The van der Waals surface area contributed by atoms with Crippen LogP contribution in [0.5, 0.6) is 5.75 Å². The summed E-state index contributed by atoms with van der Waals surface area (Å²) in [6, 6.07) is 12.6. The van der Waals surface area contributed by atoms with Gasteiger partial charge in [-0.3, -0.25) is 4.79 Å². The van der Waals surface area contributed by atoms with Crippen molar-refractivity contribution < 1.29 is 9.53 Å². The van der Waals surface area contributed by atoms with Gasteiger partial charge >= 0.3 is 0 Å². The summed E-state index contributed by atoms with van der Waals surface area (Å²) in [5.41, 5.74) is 8.36. The van der Waals surface area contributed by atoms with E-state index in [2.05, 4.69) is 10.3 Å². The Labute approximate surface area is 153 Å². The number of carbonyl (C=O) groups excluding carboxylic acids is 1. The molecule has 0 aliphatic heterocycles. The Morgan fingerprint density at radius 2 is 2.15 bits per heavy atom. The maximum absolute atomic E-state index is 12.2. The number of rotatable bonds is 7. The van der Waals surface area contributed by atoms with Crippen molar-refractivity contribution in [1.82, 2.24) is 9.38 Å². The van der Waals surface area contributed by atoms with Gasteiger partial charge in [0.05, 0.1) is 11.7 Å². The largest absolute Gasteiger partial charge is 0.487 e. The smallest absolute Gasteiger partial charge is 0.241 e. The van der Waals surface area contributed by atoms with Gasteiger partial charge in [-0.05, 0) is 30.2 Å². The molecule has 2 aromatic heterocycles. The number of nitrogens with zero attached hydrogens (tertiary/aromatic N) is 2. The number of ether oxygens (including phenoxy) is 1. The van der Waals surface area contributed by atoms with E-state index in [1.165, 1.54) is 0 Å². The summed E-state index contributed by atoms with van der Waals surface area (Å²) in [7, 11) is 0. The number of nitrogens with one attached hydrogen (secondary N) is 1. The molecule has 0 spiro atoms. The lowest BCUT2D eigenvalue weighted by molar-refractivity contribution is -0.118. The normalized spacial score (nSPS) is 13.3. The monoisotopic (exact) mass is 352 g/mol. The van der Waals surface area contributed by atoms with Gasteiger partial charge in [0.2, 0.25) is 5.91 Å². The van der Waals surface area contributed by atoms with E-state index in [1.54, 1.807) is 6.07 Å². The van der Waals surface area contributed by atoms with Crippen molar-refractivity contribution in [3.8, 4) is 5.75 Å². The molecule has 3 aromatic rings. The van der Waals surface area contributed by atoms with Crippen LogP contribution in [0.4, 0.5) is 5.69 Å². The lowest BCUT2D eigenvalue weighted by Gasteiger charge is -2.18. The minimum absolute atomic E-state index is 0.129. The van der Waals surface area contributed by atoms with E-state index in [0.717, 1.165) is 17.8 Å². The Bertz CT molecular complexity index is 857. The molecule has 0 fully saturated rings. The number of amides is 1. The highest BCUT2D eigenvalue weighted by molar-refractivity contribution is 5.95. The molecule has 2 heterocycles. The van der Waals surface area contributed by atoms with Gasteiger partial charge in [-0.1, -0.05) is 32.4 Å². The quantitative estimate of drug-likeness (QED) is 0.684. The minimum atomic E-state index is -0.525. The lowest BCUT2D eigenvalue weighted by Crippen LogP contribution is -2.40. The Balaban J connectivity index is 1.62. The molecule has 0 saturated heterocycles. The van der Waals surface area contributed by atoms with E-state index in [-0.39, 0.29) is 11.8 Å². The van der Waals surface area contributed by atoms with E-state index in [9.17, 15) is 4.79 Å². The molecule has 3 N–H and O–H groups in total. The van der Waals surface area contributed by atoms with E-state index in [1.807, 2.05) is 67.0 Å². The molecular weight excluding hydrogens is 328 g/mol. The number of aromatic nitrogens is 2. The topological polar surface area (TPSA) is 81.7 Å². The van der Waals surface area contributed by atoms with Crippen molar-refractivity contribution >= 4 is 17.2 Å². The zero-order chi connectivity index (χ0) is 18.5. The van der Waals surface area contributed by atoms with Crippen LogP contribution >= 0.6 is 0 Å². The molecule has 3 rings (SSSR count). The fourth-order valence-electron chi connectivity index (χ4n) is 2.62. The predicted molar refractivity (Wildman–Crippen MR) is 102 cm³/mol. The van der Waals surface area contributed by atoms with E-state index >= 15 is 0 Å². The van der Waals surface area contributed by atoms with Crippen molar-refractivity contribution in [2.24, 2.45) is 11.7 Å². The first-order chi connectivity index (χ1) is 12.6. The molecule has 2 unspecified atom stereocenters. The number of carbonyl (C=O) groups is 1. The zero-order valence-electron chi connectivity index (χ0n) is 15.1. The Hall–Kier alpha value is -2.86. The second-order valence-corrected chi connectivity index (χ2v) is 6.42. The summed E-state index contributed by atoms with van der Waals surface area (Å²) in [5.74, 6) is 0.610. The first kappa shape index (κ1) is 17.9. The van der Waals surface area contributed by atoms with E-state index in [4.69, 9.17) is 10.5 Å². The third-order valence-electron chi connectivity index (χ3n) is 4.46. The van der Waals surface area contributed by atoms with Crippen molar-refractivity contribution in [1.29, 1.82) is 0 Å². The van der Waals surface area contributed by atoms with E-state index in [0.29, 0.717) is 18.0 Å². The molecule has 0 saturated carbocycles. The summed E-state index contributed by atoms with van der Waals surface area (Å²) in [6.45, 7) is 4.34. The van der Waals surface area contributed by atoms with Gasteiger partial charge in [0, 0.05) is 24.1 Å². The highest BCUT2D eigenvalue weighted by atomic mass is 16.5. The Morgan fingerprint density at radius 1 is 1.31 bits per heavy atom. The highest BCUT2D eigenvalue weighted by Gasteiger charge is 2.19. The van der Waals surface area contributed by atoms with Crippen LogP contribution in [0.3, 0.4) is 0 Å². The molecule has 0 radical (unpaired) electrons. The molecule has 6 heteroatoms. The van der Waals surface area contributed by atoms with Crippen LogP contribution in [0.15, 0.2) is 54.9 Å². The fraction of sp³-hybridized carbons (Fsp3) is 0.300. The standard InChI is InChI=1S/C20H24N4O2/c1-3-14(2)19(21)20(25)23-15-7-6-8-17(11-15)26-13-16-12-24-10-5-4-9-18(24)22-16/h4-12,14,19H,3,13,21H2,1-2H3,(H,23,25). The van der Waals surface area contributed by atoms with Crippen molar-refractivity contribution in [3.63, 3.8) is 0 Å². The average Bonchev–Trinajstić information content (AvgIpc) is 3.08. The number of hydrogen-bond donors (Lipinski definition) is 2. The molecule has 136 valence electrons. The second-order valence-electron chi connectivity index (χ2n) is 6.42. The molecule has 6 nitrogen and oxygen atoms in total. The van der Waals surface area contributed by atoms with Gasteiger partial charge < -0.3 is 20.2 Å². The van der Waals surface area contributed by atoms with E-state index < -0.39 is 6.04 Å². The van der Waals surface area contributed by atoms with Gasteiger partial charge in [0.15, 0.2) is 0 Å². The highest BCUT2D eigenvalue weighted by Crippen LogP contribution is 2.19. The van der Waals surface area contributed by atoms with Crippen molar-refractivity contribution in [3.05, 3.63) is 60.6 Å². The first-order valence-corrected chi connectivity index (χ1v) is 8.78. The maximum Gasteiger partial charge on any atom is 0.241 e. The Morgan fingerprint density at radius 3 is 2.92 bits per heavy atom. The zero-order valence-corrected chi connectivity index (χ0v) is 15.1. The number of anilines is 1. The molecule has 0 bridgehead atoms. The number of benzene rings is 1. The van der Waals surface area contributed by atoms with Crippen LogP contribution < -0.4 is 15.8 Å². The average molecular weight is 352 g/mol. The summed E-state index contributed by atoms with van der Waals surface area (Å²) in [5, 5.41) is 2.85. The van der Waals surface area contributed by atoms with Crippen LogP contribution in [0.25, 0.3) is 5.65 Å². The van der Waals surface area contributed by atoms with Gasteiger partial charge in [-0.25, -0.2) is 4.98 Å². The van der Waals surface area contributed by atoms with Gasteiger partial charge in [-0.15, -0.1) is 0 Å². The minimum Gasteiger partial charge on any atom is -0.487 e. The molecule has 0 aliphatic carbocycles. The van der Waals surface area contributed by atoms with Crippen LogP contribution in [0.2, 0.25) is 0 Å². The number of nitrogens with two attached hydrogens (primary N) is 1. The summed E-state index contributed by atoms with van der Waals surface area (Å²) in [6.07, 6.45) is 4.74. The van der Waals surface area contributed by atoms with Gasteiger partial charge in [-0.2, -0.15) is 0 Å². The van der Waals surface area contributed by atoms with Crippen molar-refractivity contribution in [2.75, 3.05) is 5.32 Å². The summed E-state index contributed by atoms with van der Waals surface area (Å²) < 4.78 is 7.76. The fourth-order valence-corrected chi connectivity index (χ4v) is 2.62. The molecule has 1 aromatic carbocycles. The predicted octanol–water partition coefficient (Wildman–Crippen LogP) is 3.23. The molecule has 26 heavy (non-hydrogen) atoms. The summed E-state index contributed by atoms with van der Waals surface area (Å²) >= 11 is 0. The van der Waals surface area contributed by atoms with Crippen LogP contribution in [-0.4, -0.2) is 21.3 Å². The molecule has 0 aliphatic rings. The molecule has 2 atom stereocenters. The second kappa shape index (κ2) is 8.01. The lowest BCUT2D eigenvalue weighted by atomic mass is 9.99. The summed E-state index contributed by atoms with van der Waals surface area (Å²) in [4.78, 5) is 16.7.